The molecule has 2 aromatic carbocycles. The fourth-order valence-corrected chi connectivity index (χ4v) is 3.38. The molecule has 4 nitrogen and oxygen atoms in total. The van der Waals surface area contributed by atoms with Gasteiger partial charge in [-0.05, 0) is 29.8 Å². The first kappa shape index (κ1) is 16.3. The summed E-state index contributed by atoms with van der Waals surface area (Å²) in [6, 6.07) is 16.1. The predicted molar refractivity (Wildman–Crippen MR) is 94.8 cm³/mol. The van der Waals surface area contributed by atoms with Crippen LogP contribution in [-0.2, 0) is 6.54 Å². The number of nitrogens with one attached hydrogen (secondary N) is 1. The van der Waals surface area contributed by atoms with Crippen LogP contribution in [0.4, 0.5) is 19.3 Å². The van der Waals surface area contributed by atoms with Gasteiger partial charge in [-0.1, -0.05) is 36.4 Å². The van der Waals surface area contributed by atoms with Gasteiger partial charge < -0.3 is 14.8 Å². The average molecular weight is 353 g/mol. The summed E-state index contributed by atoms with van der Waals surface area (Å²) in [5.74, 6) is -1.59. The third-order valence-corrected chi connectivity index (χ3v) is 4.61. The van der Waals surface area contributed by atoms with Crippen molar-refractivity contribution in [1.82, 2.24) is 9.47 Å². The number of halogens is 2. The minimum atomic E-state index is -0.796. The quantitative estimate of drug-likeness (QED) is 0.728. The number of amides is 2. The molecule has 0 saturated carbocycles. The first-order valence-corrected chi connectivity index (χ1v) is 8.37. The number of para-hydroxylation sites is 1. The van der Waals surface area contributed by atoms with Crippen LogP contribution in [0, 0.1) is 11.6 Å². The fourth-order valence-electron chi connectivity index (χ4n) is 3.38. The van der Waals surface area contributed by atoms with Crippen molar-refractivity contribution in [2.45, 2.75) is 12.6 Å². The minimum absolute atomic E-state index is 0.324. The summed E-state index contributed by atoms with van der Waals surface area (Å²) in [4.78, 5) is 14.5. The molecule has 1 aliphatic rings. The summed E-state index contributed by atoms with van der Waals surface area (Å²) in [5, 5.41) is 2.40. The molecule has 2 amide bonds. The van der Waals surface area contributed by atoms with E-state index >= 15 is 0 Å². The maximum Gasteiger partial charge on any atom is 0.322 e. The predicted octanol–water partition coefficient (Wildman–Crippen LogP) is 4.40. The van der Waals surface area contributed by atoms with Crippen LogP contribution < -0.4 is 5.32 Å². The summed E-state index contributed by atoms with van der Waals surface area (Å²) < 4.78 is 29.9. The lowest BCUT2D eigenvalue weighted by Crippen LogP contribution is -2.44. The van der Waals surface area contributed by atoms with Crippen molar-refractivity contribution in [3.8, 4) is 0 Å². The van der Waals surface area contributed by atoms with Crippen LogP contribution in [0.25, 0.3) is 0 Å². The van der Waals surface area contributed by atoms with Gasteiger partial charge in [0.2, 0.25) is 0 Å². The maximum atomic E-state index is 13.9. The third-order valence-electron chi connectivity index (χ3n) is 4.61. The zero-order valence-electron chi connectivity index (χ0n) is 13.9. The number of benzene rings is 2. The number of nitrogens with zero attached hydrogens (tertiary/aromatic N) is 2. The van der Waals surface area contributed by atoms with Crippen molar-refractivity contribution in [3.05, 3.63) is 89.8 Å². The lowest BCUT2D eigenvalue weighted by molar-refractivity contribution is 0.181. The van der Waals surface area contributed by atoms with Crippen molar-refractivity contribution < 1.29 is 13.6 Å². The molecule has 1 aliphatic heterocycles. The molecule has 0 unspecified atom stereocenters. The Bertz CT molecular complexity index is 919. The Hall–Kier alpha value is -3.15. The van der Waals surface area contributed by atoms with Gasteiger partial charge in [-0.25, -0.2) is 13.6 Å². The van der Waals surface area contributed by atoms with Crippen molar-refractivity contribution in [3.63, 3.8) is 0 Å². The number of aromatic nitrogens is 1. The largest absolute Gasteiger partial charge is 0.348 e. The van der Waals surface area contributed by atoms with Gasteiger partial charge in [0.1, 0.15) is 17.3 Å². The molecular weight excluding hydrogens is 336 g/mol. The first-order valence-electron chi connectivity index (χ1n) is 8.37. The molecule has 0 radical (unpaired) electrons. The van der Waals surface area contributed by atoms with Crippen LogP contribution in [0.2, 0.25) is 0 Å². The highest BCUT2D eigenvalue weighted by atomic mass is 19.1. The number of urea groups is 1. The van der Waals surface area contributed by atoms with E-state index in [4.69, 9.17) is 0 Å². The number of rotatable bonds is 2. The number of hydrogen-bond donors (Lipinski definition) is 1. The number of hydrogen-bond acceptors (Lipinski definition) is 1. The van der Waals surface area contributed by atoms with Crippen LogP contribution in [-0.4, -0.2) is 22.0 Å². The standard InChI is InChI=1S/C20H17F2N3O/c21-15-8-4-9-16(22)18(15)23-20(26)25-13-12-24-11-5-10-17(24)19(25)14-6-2-1-3-7-14/h1-11,19H,12-13H2,(H,23,26)/t19-/m0/s1. The number of anilines is 1. The first-order chi connectivity index (χ1) is 12.6. The van der Waals surface area contributed by atoms with Crippen LogP contribution in [0.15, 0.2) is 66.9 Å². The van der Waals surface area contributed by atoms with E-state index in [1.807, 2.05) is 48.7 Å². The summed E-state index contributed by atoms with van der Waals surface area (Å²) in [7, 11) is 0. The summed E-state index contributed by atoms with van der Waals surface area (Å²) in [6.07, 6.45) is 1.97. The van der Waals surface area contributed by atoms with E-state index in [0.717, 1.165) is 23.4 Å². The van der Waals surface area contributed by atoms with E-state index in [2.05, 4.69) is 9.88 Å². The molecule has 1 aromatic heterocycles. The molecule has 6 heteroatoms. The molecule has 4 rings (SSSR count). The molecule has 132 valence electrons. The molecule has 0 saturated heterocycles. The number of fused-ring (bicyclic) bond motifs is 1. The van der Waals surface area contributed by atoms with Gasteiger partial charge in [0.25, 0.3) is 0 Å². The fraction of sp³-hybridized carbons (Fsp3) is 0.150. The van der Waals surface area contributed by atoms with Gasteiger partial charge in [0.15, 0.2) is 0 Å². The van der Waals surface area contributed by atoms with Crippen LogP contribution in [0.5, 0.6) is 0 Å². The van der Waals surface area contributed by atoms with Crippen LogP contribution in [0.3, 0.4) is 0 Å². The molecule has 2 heterocycles. The molecule has 0 bridgehead atoms. The Labute approximate surface area is 149 Å². The summed E-state index contributed by atoms with van der Waals surface area (Å²) in [5.41, 5.74) is 1.48. The van der Waals surface area contributed by atoms with Gasteiger partial charge in [0.05, 0.1) is 6.04 Å². The van der Waals surface area contributed by atoms with Gasteiger partial charge >= 0.3 is 6.03 Å². The lowest BCUT2D eigenvalue weighted by atomic mass is 10.0. The maximum absolute atomic E-state index is 13.9. The Kier molecular flexibility index (Phi) is 4.16. The van der Waals surface area contributed by atoms with Crippen molar-refractivity contribution in [2.75, 3.05) is 11.9 Å². The van der Waals surface area contributed by atoms with E-state index < -0.39 is 23.4 Å². The molecule has 3 aromatic rings. The molecule has 1 N–H and O–H groups in total. The molecule has 1 atom stereocenters. The third kappa shape index (κ3) is 2.83. The van der Waals surface area contributed by atoms with Crippen molar-refractivity contribution >= 4 is 11.7 Å². The molecule has 0 aliphatic carbocycles. The van der Waals surface area contributed by atoms with Gasteiger partial charge in [-0.2, -0.15) is 0 Å². The highest BCUT2D eigenvalue weighted by molar-refractivity contribution is 5.90. The van der Waals surface area contributed by atoms with E-state index in [0.29, 0.717) is 13.1 Å². The zero-order valence-corrected chi connectivity index (χ0v) is 13.9. The minimum Gasteiger partial charge on any atom is -0.348 e. The van der Waals surface area contributed by atoms with Gasteiger partial charge in [0, 0.05) is 25.0 Å². The molecule has 0 spiro atoms. The second-order valence-electron chi connectivity index (χ2n) is 6.16. The molecule has 26 heavy (non-hydrogen) atoms. The normalized spacial score (nSPS) is 16.2. The Balaban J connectivity index is 1.69. The average Bonchev–Trinajstić information content (AvgIpc) is 3.13. The Morgan fingerprint density at radius 2 is 1.65 bits per heavy atom. The van der Waals surface area contributed by atoms with E-state index in [1.54, 1.807) is 4.90 Å². The molecule has 0 fully saturated rings. The summed E-state index contributed by atoms with van der Waals surface area (Å²) >= 11 is 0. The summed E-state index contributed by atoms with van der Waals surface area (Å²) in [6.45, 7) is 1.06. The smallest absolute Gasteiger partial charge is 0.322 e. The van der Waals surface area contributed by atoms with Crippen molar-refractivity contribution in [1.29, 1.82) is 0 Å². The zero-order chi connectivity index (χ0) is 18.1. The lowest BCUT2D eigenvalue weighted by Gasteiger charge is -2.37. The van der Waals surface area contributed by atoms with Crippen LogP contribution >= 0.6 is 0 Å². The van der Waals surface area contributed by atoms with Crippen molar-refractivity contribution in [2.24, 2.45) is 0 Å². The second-order valence-corrected chi connectivity index (χ2v) is 6.16. The SMILES string of the molecule is O=C(Nc1c(F)cccc1F)N1CCn2cccc2[C@@H]1c1ccccc1. The van der Waals surface area contributed by atoms with E-state index in [1.165, 1.54) is 6.07 Å². The Morgan fingerprint density at radius 1 is 0.923 bits per heavy atom. The van der Waals surface area contributed by atoms with Gasteiger partial charge in [-0.3, -0.25) is 0 Å². The topological polar surface area (TPSA) is 37.3 Å². The number of carbonyl (C=O) groups is 1. The monoisotopic (exact) mass is 353 g/mol. The highest BCUT2D eigenvalue weighted by Gasteiger charge is 2.32. The van der Waals surface area contributed by atoms with E-state index in [9.17, 15) is 13.6 Å². The van der Waals surface area contributed by atoms with E-state index in [-0.39, 0.29) is 6.04 Å². The van der Waals surface area contributed by atoms with Crippen LogP contribution in [0.1, 0.15) is 17.3 Å². The van der Waals surface area contributed by atoms with Gasteiger partial charge in [-0.15, -0.1) is 0 Å². The Morgan fingerprint density at radius 3 is 2.38 bits per heavy atom. The second kappa shape index (κ2) is 6.63. The highest BCUT2D eigenvalue weighted by Crippen LogP contribution is 2.33. The molecular formula is C20H17F2N3O. The number of carbonyl (C=O) groups excluding carboxylic acids is 1.